The van der Waals surface area contributed by atoms with Crippen molar-refractivity contribution >= 4 is 22.3 Å². The maximum absolute atomic E-state index is 12.7. The molecule has 1 N–H and O–H groups in total. The van der Waals surface area contributed by atoms with Crippen molar-refractivity contribution in [3.8, 4) is 11.3 Å². The number of fused-ring (bicyclic) bond motifs is 2. The molecule has 1 atom stereocenters. The lowest BCUT2D eigenvalue weighted by molar-refractivity contribution is 0.356. The Hall–Kier alpha value is -3.19. The molecular formula is C23H25N5O2. The number of likely N-dealkylation sites (tertiary alicyclic amines) is 1. The van der Waals surface area contributed by atoms with Crippen LogP contribution in [0.4, 0.5) is 5.69 Å². The van der Waals surface area contributed by atoms with Gasteiger partial charge in [-0.2, -0.15) is 0 Å². The number of nitrogens with zero attached hydrogens (tertiary/aromatic N) is 4. The molecule has 5 rings (SSSR count). The van der Waals surface area contributed by atoms with Crippen molar-refractivity contribution in [1.82, 2.24) is 19.3 Å². The molecule has 154 valence electrons. The topological polar surface area (TPSA) is 75.7 Å². The molecule has 0 spiro atoms. The molecule has 1 unspecified atom stereocenters. The van der Waals surface area contributed by atoms with E-state index in [1.54, 1.807) is 0 Å². The molecule has 4 aromatic rings. The van der Waals surface area contributed by atoms with Crippen LogP contribution >= 0.6 is 0 Å². The van der Waals surface area contributed by atoms with E-state index < -0.39 is 0 Å². The van der Waals surface area contributed by atoms with Crippen molar-refractivity contribution < 1.29 is 4.42 Å². The van der Waals surface area contributed by atoms with Gasteiger partial charge in [0.2, 0.25) is 0 Å². The minimum absolute atomic E-state index is 0.386. The van der Waals surface area contributed by atoms with E-state index in [1.165, 1.54) is 0 Å². The number of likely N-dealkylation sites (N-methyl/N-ethyl adjacent to an activating group) is 1. The molecule has 1 aliphatic rings. The first kappa shape index (κ1) is 18.8. The van der Waals surface area contributed by atoms with Crippen LogP contribution in [-0.4, -0.2) is 44.9 Å². The van der Waals surface area contributed by atoms with Gasteiger partial charge in [-0.15, -0.1) is 0 Å². The minimum Gasteiger partial charge on any atom is -0.422 e. The molecule has 0 amide bonds. The molecule has 3 aromatic heterocycles. The van der Waals surface area contributed by atoms with Gasteiger partial charge in [0, 0.05) is 48.7 Å². The number of aromatic nitrogens is 3. The van der Waals surface area contributed by atoms with E-state index >= 15 is 0 Å². The zero-order valence-electron chi connectivity index (χ0n) is 17.5. The fourth-order valence-corrected chi connectivity index (χ4v) is 4.29. The molecule has 4 heterocycles. The van der Waals surface area contributed by atoms with Gasteiger partial charge in [0.1, 0.15) is 5.58 Å². The summed E-state index contributed by atoms with van der Waals surface area (Å²) in [6, 6.07) is 8.23. The third-order valence-corrected chi connectivity index (χ3v) is 5.83. The van der Waals surface area contributed by atoms with E-state index in [0.29, 0.717) is 22.9 Å². The van der Waals surface area contributed by atoms with Crippen molar-refractivity contribution in [3.05, 3.63) is 58.5 Å². The van der Waals surface area contributed by atoms with Crippen molar-refractivity contribution in [3.63, 3.8) is 0 Å². The van der Waals surface area contributed by atoms with Gasteiger partial charge in [-0.05, 0) is 45.0 Å². The predicted molar refractivity (Wildman–Crippen MR) is 118 cm³/mol. The zero-order valence-corrected chi connectivity index (χ0v) is 17.5. The number of hydrogen-bond acceptors (Lipinski definition) is 6. The summed E-state index contributed by atoms with van der Waals surface area (Å²) in [6.07, 6.45) is 4.88. The first-order chi connectivity index (χ1) is 14.5. The summed E-state index contributed by atoms with van der Waals surface area (Å²) in [4.78, 5) is 24.2. The maximum atomic E-state index is 12.7. The lowest BCUT2D eigenvalue weighted by atomic mass is 10.1. The molecule has 1 aliphatic heterocycles. The number of anilines is 1. The third kappa shape index (κ3) is 3.35. The lowest BCUT2D eigenvalue weighted by Gasteiger charge is -2.15. The summed E-state index contributed by atoms with van der Waals surface area (Å²) >= 11 is 0. The van der Waals surface area contributed by atoms with E-state index in [2.05, 4.69) is 27.1 Å². The monoisotopic (exact) mass is 403 g/mol. The van der Waals surface area contributed by atoms with Crippen LogP contribution in [0.25, 0.3) is 27.9 Å². The quantitative estimate of drug-likeness (QED) is 0.525. The van der Waals surface area contributed by atoms with E-state index in [-0.39, 0.29) is 5.63 Å². The molecular weight excluding hydrogens is 378 g/mol. The van der Waals surface area contributed by atoms with Crippen LogP contribution < -0.4 is 10.9 Å². The zero-order chi connectivity index (χ0) is 20.8. The fourth-order valence-electron chi connectivity index (χ4n) is 4.29. The van der Waals surface area contributed by atoms with E-state index in [1.807, 2.05) is 54.9 Å². The number of rotatable bonds is 4. The highest BCUT2D eigenvalue weighted by atomic mass is 16.4. The summed E-state index contributed by atoms with van der Waals surface area (Å²) in [5, 5.41) is 4.44. The van der Waals surface area contributed by atoms with Gasteiger partial charge in [0.15, 0.2) is 5.65 Å². The summed E-state index contributed by atoms with van der Waals surface area (Å²) in [5.74, 6) is 0. The Morgan fingerprint density at radius 3 is 2.87 bits per heavy atom. The van der Waals surface area contributed by atoms with Gasteiger partial charge >= 0.3 is 5.63 Å². The van der Waals surface area contributed by atoms with Crippen molar-refractivity contribution in [2.75, 3.05) is 25.0 Å². The van der Waals surface area contributed by atoms with Gasteiger partial charge < -0.3 is 19.0 Å². The Balaban J connectivity index is 1.49. The van der Waals surface area contributed by atoms with Crippen LogP contribution in [0, 0.1) is 13.8 Å². The van der Waals surface area contributed by atoms with Gasteiger partial charge in [0.25, 0.3) is 0 Å². The SMILES string of the molecule is CCN1CCC(Nc2ccc3cc(-c4cn5cc(C)nc(C)c5n4)c(=O)oc3c2)C1. The van der Waals surface area contributed by atoms with Crippen LogP contribution in [0.5, 0.6) is 0 Å². The van der Waals surface area contributed by atoms with Crippen LogP contribution in [0.3, 0.4) is 0 Å². The summed E-state index contributed by atoms with van der Waals surface area (Å²) in [7, 11) is 0. The number of hydrogen-bond donors (Lipinski definition) is 1. The Morgan fingerprint density at radius 2 is 2.07 bits per heavy atom. The summed E-state index contributed by atoms with van der Waals surface area (Å²) in [5.41, 5.74) is 4.69. The molecule has 1 fully saturated rings. The highest BCUT2D eigenvalue weighted by Gasteiger charge is 2.21. The number of benzene rings is 1. The third-order valence-electron chi connectivity index (χ3n) is 5.83. The molecule has 0 bridgehead atoms. The Kier molecular flexibility index (Phi) is 4.55. The van der Waals surface area contributed by atoms with E-state index in [0.717, 1.165) is 54.2 Å². The molecule has 7 nitrogen and oxygen atoms in total. The number of nitrogens with one attached hydrogen (secondary N) is 1. The van der Waals surface area contributed by atoms with Crippen molar-refractivity contribution in [2.45, 2.75) is 33.2 Å². The molecule has 1 saturated heterocycles. The van der Waals surface area contributed by atoms with E-state index in [9.17, 15) is 4.79 Å². The average Bonchev–Trinajstić information content (AvgIpc) is 3.34. The van der Waals surface area contributed by atoms with Gasteiger partial charge in [0.05, 0.1) is 22.6 Å². The molecule has 1 aromatic carbocycles. The highest BCUT2D eigenvalue weighted by Crippen LogP contribution is 2.25. The Bertz CT molecular complexity index is 1310. The van der Waals surface area contributed by atoms with E-state index in [4.69, 9.17) is 4.42 Å². The molecule has 30 heavy (non-hydrogen) atoms. The summed E-state index contributed by atoms with van der Waals surface area (Å²) < 4.78 is 7.58. The number of imidazole rings is 1. The first-order valence-corrected chi connectivity index (χ1v) is 10.4. The van der Waals surface area contributed by atoms with Crippen LogP contribution in [-0.2, 0) is 0 Å². The summed E-state index contributed by atoms with van der Waals surface area (Å²) in [6.45, 7) is 9.28. The van der Waals surface area contributed by atoms with Gasteiger partial charge in [-0.1, -0.05) is 6.92 Å². The standard InChI is InChI=1S/C23H25N5O2/c1-4-27-8-7-18(12-27)25-17-6-5-16-9-19(23(29)30-21(16)10-17)20-13-28-11-14(2)24-15(3)22(28)26-20/h5-6,9-11,13,18,25H,4,7-8,12H2,1-3H3. The lowest BCUT2D eigenvalue weighted by Crippen LogP contribution is -2.25. The maximum Gasteiger partial charge on any atom is 0.345 e. The van der Waals surface area contributed by atoms with Gasteiger partial charge in [-0.3, -0.25) is 4.98 Å². The average molecular weight is 403 g/mol. The molecule has 7 heteroatoms. The largest absolute Gasteiger partial charge is 0.422 e. The Morgan fingerprint density at radius 1 is 1.20 bits per heavy atom. The Labute approximate surface area is 174 Å². The predicted octanol–water partition coefficient (Wildman–Crippen LogP) is 3.63. The van der Waals surface area contributed by atoms with Crippen molar-refractivity contribution in [1.29, 1.82) is 0 Å². The molecule has 0 aliphatic carbocycles. The fraction of sp³-hybridized carbons (Fsp3) is 0.348. The van der Waals surface area contributed by atoms with Gasteiger partial charge in [-0.25, -0.2) is 9.78 Å². The minimum atomic E-state index is -0.386. The normalized spacial score (nSPS) is 17.2. The number of aryl methyl sites for hydroxylation is 2. The van der Waals surface area contributed by atoms with Crippen molar-refractivity contribution in [2.24, 2.45) is 0 Å². The first-order valence-electron chi connectivity index (χ1n) is 10.4. The second kappa shape index (κ2) is 7.25. The molecule has 0 radical (unpaired) electrons. The second-order valence-electron chi connectivity index (χ2n) is 8.05. The van der Waals surface area contributed by atoms with Crippen LogP contribution in [0.1, 0.15) is 24.7 Å². The second-order valence-corrected chi connectivity index (χ2v) is 8.05. The van der Waals surface area contributed by atoms with Crippen LogP contribution in [0.15, 0.2) is 45.9 Å². The smallest absolute Gasteiger partial charge is 0.345 e. The van der Waals surface area contributed by atoms with Crippen LogP contribution in [0.2, 0.25) is 0 Å². The molecule has 0 saturated carbocycles. The highest BCUT2D eigenvalue weighted by molar-refractivity contribution is 5.84.